The number of hydrogen-bond donors (Lipinski definition) is 2. The maximum Gasteiger partial charge on any atom is 0.227 e. The highest BCUT2D eigenvalue weighted by atomic mass is 79.9. The highest BCUT2D eigenvalue weighted by Gasteiger charge is 2.06. The maximum absolute atomic E-state index is 10.6. The van der Waals surface area contributed by atoms with E-state index in [1.165, 1.54) is 11.8 Å². The van der Waals surface area contributed by atoms with Crippen LogP contribution in [0.2, 0.25) is 5.02 Å². The largest absolute Gasteiger partial charge is 0.397 e. The number of carbonyl (C=O) groups is 1. The summed E-state index contributed by atoms with van der Waals surface area (Å²) in [7, 11) is 0. The standard InChI is InChI=1S/C8H8BrClN2OS/c9-4-1-6(11)5(10)2-7(4)14-3-8(12)13/h1-2H,3,11H2,(H2,12,13). The van der Waals surface area contributed by atoms with Gasteiger partial charge in [-0.1, -0.05) is 11.6 Å². The summed E-state index contributed by atoms with van der Waals surface area (Å²) in [4.78, 5) is 11.4. The summed E-state index contributed by atoms with van der Waals surface area (Å²) in [5.41, 5.74) is 11.1. The van der Waals surface area contributed by atoms with Gasteiger partial charge in [0.1, 0.15) is 0 Å². The zero-order valence-electron chi connectivity index (χ0n) is 7.09. The molecule has 0 fully saturated rings. The Kier molecular flexibility index (Phi) is 4.10. The molecular formula is C8H8BrClN2OS. The van der Waals surface area contributed by atoms with E-state index in [0.717, 1.165) is 9.37 Å². The fourth-order valence-corrected chi connectivity index (χ4v) is 2.43. The van der Waals surface area contributed by atoms with Crippen LogP contribution in [0.1, 0.15) is 0 Å². The molecular weight excluding hydrogens is 288 g/mol. The molecule has 1 amide bonds. The van der Waals surface area contributed by atoms with Gasteiger partial charge in [0.05, 0.1) is 16.5 Å². The van der Waals surface area contributed by atoms with Crippen LogP contribution < -0.4 is 11.5 Å². The van der Waals surface area contributed by atoms with Gasteiger partial charge >= 0.3 is 0 Å². The van der Waals surface area contributed by atoms with Crippen LogP contribution in [0.4, 0.5) is 5.69 Å². The van der Waals surface area contributed by atoms with Gasteiger partial charge in [0.25, 0.3) is 0 Å². The summed E-state index contributed by atoms with van der Waals surface area (Å²) in [5, 5.41) is 0.472. The van der Waals surface area contributed by atoms with Crippen molar-refractivity contribution in [3.8, 4) is 0 Å². The molecule has 1 rings (SSSR count). The lowest BCUT2D eigenvalue weighted by atomic mass is 10.3. The molecule has 0 unspecified atom stereocenters. The van der Waals surface area contributed by atoms with Gasteiger partial charge in [-0.25, -0.2) is 0 Å². The Morgan fingerprint density at radius 2 is 2.21 bits per heavy atom. The first-order valence-corrected chi connectivity index (χ1v) is 5.82. The number of carbonyl (C=O) groups excluding carboxylic acids is 1. The van der Waals surface area contributed by atoms with E-state index in [1.54, 1.807) is 12.1 Å². The number of rotatable bonds is 3. The topological polar surface area (TPSA) is 69.1 Å². The lowest BCUT2D eigenvalue weighted by Crippen LogP contribution is -2.12. The zero-order chi connectivity index (χ0) is 10.7. The Balaban J connectivity index is 2.87. The smallest absolute Gasteiger partial charge is 0.227 e. The quantitative estimate of drug-likeness (QED) is 0.664. The minimum absolute atomic E-state index is 0.221. The normalized spacial score (nSPS) is 10.1. The number of nitrogen functional groups attached to an aromatic ring is 1. The molecule has 14 heavy (non-hydrogen) atoms. The number of thioether (sulfide) groups is 1. The van der Waals surface area contributed by atoms with Gasteiger partial charge < -0.3 is 11.5 Å². The van der Waals surface area contributed by atoms with Crippen molar-refractivity contribution in [2.45, 2.75) is 4.90 Å². The first-order chi connectivity index (χ1) is 6.50. The molecule has 0 heterocycles. The summed E-state index contributed by atoms with van der Waals surface area (Å²) in [5.74, 6) is -0.145. The molecule has 1 aromatic carbocycles. The number of amides is 1. The number of halogens is 2. The van der Waals surface area contributed by atoms with Crippen LogP contribution in [0.15, 0.2) is 21.5 Å². The van der Waals surface area contributed by atoms with E-state index in [1.807, 2.05) is 0 Å². The van der Waals surface area contributed by atoms with E-state index >= 15 is 0 Å². The van der Waals surface area contributed by atoms with E-state index in [4.69, 9.17) is 23.1 Å². The number of nitrogens with two attached hydrogens (primary N) is 2. The van der Waals surface area contributed by atoms with E-state index in [2.05, 4.69) is 15.9 Å². The van der Waals surface area contributed by atoms with Crippen LogP contribution in [-0.2, 0) is 4.79 Å². The maximum atomic E-state index is 10.6. The van der Waals surface area contributed by atoms with Crippen molar-refractivity contribution >= 4 is 50.9 Å². The molecule has 0 saturated heterocycles. The van der Waals surface area contributed by atoms with Gasteiger partial charge in [0.2, 0.25) is 5.91 Å². The van der Waals surface area contributed by atoms with Crippen molar-refractivity contribution in [2.24, 2.45) is 5.73 Å². The van der Waals surface area contributed by atoms with Crippen molar-refractivity contribution in [2.75, 3.05) is 11.5 Å². The highest BCUT2D eigenvalue weighted by Crippen LogP contribution is 2.33. The van der Waals surface area contributed by atoms with Gasteiger partial charge in [0, 0.05) is 9.37 Å². The van der Waals surface area contributed by atoms with Crippen molar-refractivity contribution < 1.29 is 4.79 Å². The van der Waals surface area contributed by atoms with Crippen LogP contribution in [0.3, 0.4) is 0 Å². The molecule has 0 aliphatic heterocycles. The molecule has 0 aromatic heterocycles. The Bertz CT molecular complexity index is 373. The van der Waals surface area contributed by atoms with Crippen LogP contribution >= 0.6 is 39.3 Å². The predicted octanol–water partition coefficient (Wildman–Crippen LogP) is 2.26. The molecule has 0 aliphatic rings. The van der Waals surface area contributed by atoms with Gasteiger partial charge in [-0.05, 0) is 28.1 Å². The Morgan fingerprint density at radius 1 is 1.57 bits per heavy atom. The predicted molar refractivity (Wildman–Crippen MR) is 63.5 cm³/mol. The minimum Gasteiger partial charge on any atom is -0.397 e. The molecule has 0 atom stereocenters. The van der Waals surface area contributed by atoms with E-state index in [0.29, 0.717) is 10.7 Å². The average molecular weight is 296 g/mol. The van der Waals surface area contributed by atoms with Gasteiger partial charge in [-0.3, -0.25) is 4.79 Å². The molecule has 3 nitrogen and oxygen atoms in total. The minimum atomic E-state index is -0.366. The monoisotopic (exact) mass is 294 g/mol. The lowest BCUT2D eigenvalue weighted by Gasteiger charge is -2.05. The average Bonchev–Trinajstić information content (AvgIpc) is 2.09. The molecule has 0 aliphatic carbocycles. The molecule has 0 saturated carbocycles. The summed E-state index contributed by atoms with van der Waals surface area (Å²) in [6.45, 7) is 0. The van der Waals surface area contributed by atoms with E-state index < -0.39 is 0 Å². The Morgan fingerprint density at radius 3 is 2.79 bits per heavy atom. The lowest BCUT2D eigenvalue weighted by molar-refractivity contribution is -0.115. The van der Waals surface area contributed by atoms with Crippen LogP contribution in [0.25, 0.3) is 0 Å². The molecule has 6 heteroatoms. The van der Waals surface area contributed by atoms with Crippen molar-refractivity contribution in [1.29, 1.82) is 0 Å². The van der Waals surface area contributed by atoms with Crippen molar-refractivity contribution in [3.63, 3.8) is 0 Å². The molecule has 0 spiro atoms. The third-order valence-corrected chi connectivity index (χ3v) is 3.74. The van der Waals surface area contributed by atoms with Crippen molar-refractivity contribution in [1.82, 2.24) is 0 Å². The number of hydrogen-bond acceptors (Lipinski definition) is 3. The second-order valence-corrected chi connectivity index (χ2v) is 4.84. The van der Waals surface area contributed by atoms with Gasteiger partial charge in [-0.15, -0.1) is 11.8 Å². The van der Waals surface area contributed by atoms with Crippen LogP contribution in [-0.4, -0.2) is 11.7 Å². The summed E-state index contributed by atoms with van der Waals surface area (Å²) in [6.07, 6.45) is 0. The fourth-order valence-electron chi connectivity index (χ4n) is 0.803. The molecule has 76 valence electrons. The number of primary amides is 1. The SMILES string of the molecule is NC(=O)CSc1cc(Cl)c(N)cc1Br. The fraction of sp³-hybridized carbons (Fsp3) is 0.125. The zero-order valence-corrected chi connectivity index (χ0v) is 10.2. The second kappa shape index (κ2) is 4.91. The van der Waals surface area contributed by atoms with Crippen molar-refractivity contribution in [3.05, 3.63) is 21.6 Å². The number of benzene rings is 1. The first-order valence-electron chi connectivity index (χ1n) is 3.66. The third kappa shape index (κ3) is 3.08. The first kappa shape index (κ1) is 11.7. The Hall–Kier alpha value is -0.390. The van der Waals surface area contributed by atoms with Gasteiger partial charge in [0.15, 0.2) is 0 Å². The summed E-state index contributed by atoms with van der Waals surface area (Å²) >= 11 is 10.5. The van der Waals surface area contributed by atoms with E-state index in [-0.39, 0.29) is 11.7 Å². The third-order valence-electron chi connectivity index (χ3n) is 1.42. The van der Waals surface area contributed by atoms with Gasteiger partial charge in [-0.2, -0.15) is 0 Å². The summed E-state index contributed by atoms with van der Waals surface area (Å²) in [6, 6.07) is 3.40. The molecule has 4 N–H and O–H groups in total. The molecule has 1 aromatic rings. The van der Waals surface area contributed by atoms with Crippen LogP contribution in [0, 0.1) is 0 Å². The molecule has 0 bridgehead atoms. The highest BCUT2D eigenvalue weighted by molar-refractivity contribution is 9.10. The van der Waals surface area contributed by atoms with Crippen LogP contribution in [0.5, 0.6) is 0 Å². The Labute approximate surface area is 99.3 Å². The van der Waals surface area contributed by atoms with E-state index in [9.17, 15) is 4.79 Å². The molecule has 0 radical (unpaired) electrons. The number of anilines is 1. The second-order valence-electron chi connectivity index (χ2n) is 2.56. The summed E-state index contributed by atoms with van der Waals surface area (Å²) < 4.78 is 0.811.